The quantitative estimate of drug-likeness (QED) is 0.675. The number of pyridine rings is 1. The molecular weight excluding hydrogens is 270 g/mol. The number of aromatic nitrogens is 1. The topological polar surface area (TPSA) is 77.3 Å². The van der Waals surface area contributed by atoms with Crippen LogP contribution in [0.1, 0.15) is 19.5 Å². The van der Waals surface area contributed by atoms with E-state index in [1.165, 1.54) is 6.07 Å². The van der Waals surface area contributed by atoms with E-state index in [9.17, 15) is 10.1 Å². The highest BCUT2D eigenvalue weighted by Gasteiger charge is 2.19. The Morgan fingerprint density at radius 1 is 1.38 bits per heavy atom. The first-order chi connectivity index (χ1) is 9.82. The molecule has 112 valence electrons. The molecule has 0 spiro atoms. The molecule has 21 heavy (non-hydrogen) atoms. The number of methoxy groups -OCH3 is 1. The summed E-state index contributed by atoms with van der Waals surface area (Å²) in [6, 6.07) is 6.59. The first-order valence-electron chi connectivity index (χ1n) is 6.65. The van der Waals surface area contributed by atoms with E-state index in [1.807, 2.05) is 26.8 Å². The lowest BCUT2D eigenvalue weighted by Gasteiger charge is -2.27. The Kier molecular flexibility index (Phi) is 4.09. The van der Waals surface area contributed by atoms with Gasteiger partial charge in [0.15, 0.2) is 0 Å². The van der Waals surface area contributed by atoms with E-state index in [4.69, 9.17) is 4.74 Å². The van der Waals surface area contributed by atoms with Crippen LogP contribution in [0, 0.1) is 17.0 Å². The summed E-state index contributed by atoms with van der Waals surface area (Å²) in [6.45, 7) is 6.44. The standard InChI is InChI=1S/C15H19N3O3/c1-10-7-14(17-15(2,3)9-21-4)12-8-11(18(19)20)5-6-13(12)16-10/h5-8H,9H2,1-4H3,(H,16,17). The molecule has 0 aliphatic carbocycles. The molecule has 2 rings (SSSR count). The van der Waals surface area contributed by atoms with Crippen molar-refractivity contribution >= 4 is 22.3 Å². The second-order valence-electron chi connectivity index (χ2n) is 5.71. The molecule has 1 aromatic heterocycles. The van der Waals surface area contributed by atoms with E-state index < -0.39 is 4.92 Å². The minimum Gasteiger partial charge on any atom is -0.382 e. The molecule has 0 saturated carbocycles. The fraction of sp³-hybridized carbons (Fsp3) is 0.400. The van der Waals surface area contributed by atoms with Gasteiger partial charge in [0.25, 0.3) is 5.69 Å². The fourth-order valence-electron chi connectivity index (χ4n) is 2.32. The number of rotatable bonds is 5. The van der Waals surface area contributed by atoms with Gasteiger partial charge in [-0.05, 0) is 32.9 Å². The number of hydrogen-bond donors (Lipinski definition) is 1. The van der Waals surface area contributed by atoms with Gasteiger partial charge in [-0.25, -0.2) is 0 Å². The molecule has 6 heteroatoms. The molecule has 0 saturated heterocycles. The van der Waals surface area contributed by atoms with Crippen molar-refractivity contribution in [2.75, 3.05) is 19.0 Å². The van der Waals surface area contributed by atoms with Gasteiger partial charge in [-0.3, -0.25) is 15.1 Å². The Morgan fingerprint density at radius 2 is 2.10 bits per heavy atom. The Hall–Kier alpha value is -2.21. The predicted molar refractivity (Wildman–Crippen MR) is 82.7 cm³/mol. The maximum atomic E-state index is 11.0. The zero-order chi connectivity index (χ0) is 15.6. The van der Waals surface area contributed by atoms with Crippen molar-refractivity contribution < 1.29 is 9.66 Å². The van der Waals surface area contributed by atoms with Crippen LogP contribution in [0.4, 0.5) is 11.4 Å². The van der Waals surface area contributed by atoms with Crippen LogP contribution in [-0.2, 0) is 4.74 Å². The van der Waals surface area contributed by atoms with Gasteiger partial charge < -0.3 is 10.1 Å². The van der Waals surface area contributed by atoms with E-state index in [1.54, 1.807) is 19.2 Å². The highest BCUT2D eigenvalue weighted by Crippen LogP contribution is 2.29. The molecule has 0 bridgehead atoms. The largest absolute Gasteiger partial charge is 0.382 e. The van der Waals surface area contributed by atoms with Crippen LogP contribution >= 0.6 is 0 Å². The zero-order valence-corrected chi connectivity index (χ0v) is 12.6. The summed E-state index contributed by atoms with van der Waals surface area (Å²) in [7, 11) is 1.64. The molecule has 0 unspecified atom stereocenters. The first-order valence-corrected chi connectivity index (χ1v) is 6.65. The number of benzene rings is 1. The maximum absolute atomic E-state index is 11.0. The molecule has 0 aliphatic rings. The van der Waals surface area contributed by atoms with E-state index in [-0.39, 0.29) is 11.2 Å². The number of ether oxygens (including phenoxy) is 1. The maximum Gasteiger partial charge on any atom is 0.270 e. The summed E-state index contributed by atoms with van der Waals surface area (Å²) in [5, 5.41) is 15.1. The molecule has 0 atom stereocenters. The third-order valence-corrected chi connectivity index (χ3v) is 3.11. The van der Waals surface area contributed by atoms with Crippen LogP contribution in [0.5, 0.6) is 0 Å². The minimum absolute atomic E-state index is 0.0563. The Bertz CT molecular complexity index is 683. The van der Waals surface area contributed by atoms with Crippen molar-refractivity contribution in [3.63, 3.8) is 0 Å². The van der Waals surface area contributed by atoms with Gasteiger partial charge in [0.05, 0.1) is 22.6 Å². The molecule has 0 aliphatic heterocycles. The average Bonchev–Trinajstić information content (AvgIpc) is 2.37. The molecule has 0 radical (unpaired) electrons. The SMILES string of the molecule is COCC(C)(C)Nc1cc(C)nc2ccc([N+](=O)[O-])cc12. The molecule has 1 N–H and O–H groups in total. The van der Waals surface area contributed by atoms with E-state index in [2.05, 4.69) is 10.3 Å². The number of aryl methyl sites for hydroxylation is 1. The van der Waals surface area contributed by atoms with Gasteiger partial charge in [-0.15, -0.1) is 0 Å². The van der Waals surface area contributed by atoms with Gasteiger partial charge in [0.2, 0.25) is 0 Å². The number of hydrogen-bond acceptors (Lipinski definition) is 5. The monoisotopic (exact) mass is 289 g/mol. The van der Waals surface area contributed by atoms with Crippen molar-refractivity contribution in [2.24, 2.45) is 0 Å². The van der Waals surface area contributed by atoms with Crippen LogP contribution in [0.25, 0.3) is 10.9 Å². The second kappa shape index (κ2) is 5.65. The van der Waals surface area contributed by atoms with E-state index in [0.29, 0.717) is 6.61 Å². The summed E-state index contributed by atoms with van der Waals surface area (Å²) in [5.41, 5.74) is 2.17. The van der Waals surface area contributed by atoms with Crippen LogP contribution in [-0.4, -0.2) is 29.2 Å². The molecule has 6 nitrogen and oxygen atoms in total. The summed E-state index contributed by atoms with van der Waals surface area (Å²) < 4.78 is 5.20. The van der Waals surface area contributed by atoms with Gasteiger partial charge in [0.1, 0.15) is 0 Å². The average molecular weight is 289 g/mol. The Labute approximate surface area is 123 Å². The highest BCUT2D eigenvalue weighted by atomic mass is 16.6. The van der Waals surface area contributed by atoms with Crippen LogP contribution in [0.2, 0.25) is 0 Å². The second-order valence-corrected chi connectivity index (χ2v) is 5.71. The first kappa shape index (κ1) is 15.2. The van der Waals surface area contributed by atoms with Gasteiger partial charge in [-0.2, -0.15) is 0 Å². The zero-order valence-electron chi connectivity index (χ0n) is 12.6. The van der Waals surface area contributed by atoms with E-state index >= 15 is 0 Å². The lowest BCUT2D eigenvalue weighted by atomic mass is 10.0. The summed E-state index contributed by atoms with van der Waals surface area (Å²) in [6.07, 6.45) is 0. The van der Waals surface area contributed by atoms with E-state index in [0.717, 1.165) is 22.3 Å². The smallest absolute Gasteiger partial charge is 0.270 e. The lowest BCUT2D eigenvalue weighted by molar-refractivity contribution is -0.384. The van der Waals surface area contributed by atoms with Crippen molar-refractivity contribution in [2.45, 2.75) is 26.3 Å². The molecule has 0 fully saturated rings. The Balaban J connectivity index is 2.55. The van der Waals surface area contributed by atoms with Crippen molar-refractivity contribution in [3.05, 3.63) is 40.1 Å². The molecule has 1 aromatic carbocycles. The minimum atomic E-state index is -0.399. The number of nitrogens with zero attached hydrogens (tertiary/aromatic N) is 2. The number of nitrogens with one attached hydrogen (secondary N) is 1. The van der Waals surface area contributed by atoms with Crippen molar-refractivity contribution in [3.8, 4) is 0 Å². The highest BCUT2D eigenvalue weighted by molar-refractivity contribution is 5.93. The van der Waals surface area contributed by atoms with Crippen LogP contribution < -0.4 is 5.32 Å². The summed E-state index contributed by atoms with van der Waals surface area (Å²) in [4.78, 5) is 15.0. The van der Waals surface area contributed by atoms with Crippen molar-refractivity contribution in [1.82, 2.24) is 4.98 Å². The predicted octanol–water partition coefficient (Wildman–Crippen LogP) is 3.29. The fourth-order valence-corrected chi connectivity index (χ4v) is 2.32. The van der Waals surface area contributed by atoms with Gasteiger partial charge in [0, 0.05) is 36.0 Å². The summed E-state index contributed by atoms with van der Waals surface area (Å²) in [5.74, 6) is 0. The molecular formula is C15H19N3O3. The normalized spacial score (nSPS) is 11.6. The van der Waals surface area contributed by atoms with Crippen LogP contribution in [0.3, 0.4) is 0 Å². The van der Waals surface area contributed by atoms with Crippen molar-refractivity contribution in [1.29, 1.82) is 0 Å². The summed E-state index contributed by atoms with van der Waals surface area (Å²) >= 11 is 0. The van der Waals surface area contributed by atoms with Gasteiger partial charge >= 0.3 is 0 Å². The third kappa shape index (κ3) is 3.46. The number of anilines is 1. The molecule has 1 heterocycles. The number of nitro groups is 1. The number of nitro benzene ring substituents is 1. The Morgan fingerprint density at radius 3 is 2.71 bits per heavy atom. The molecule has 0 amide bonds. The number of fused-ring (bicyclic) bond motifs is 1. The lowest BCUT2D eigenvalue weighted by Crippen LogP contribution is -2.36. The van der Waals surface area contributed by atoms with Gasteiger partial charge in [-0.1, -0.05) is 0 Å². The molecule has 2 aromatic rings. The number of non-ortho nitro benzene ring substituents is 1. The third-order valence-electron chi connectivity index (χ3n) is 3.11. The van der Waals surface area contributed by atoms with Crippen LogP contribution in [0.15, 0.2) is 24.3 Å².